The minimum Gasteiger partial charge on any atom is -0.489 e. The zero-order chi connectivity index (χ0) is 52.4. The number of hydrogen-bond donors (Lipinski definition) is 0. The molecule has 0 N–H and O–H groups in total. The van der Waals surface area contributed by atoms with E-state index in [1.165, 1.54) is 104 Å². The first-order valence-electron chi connectivity index (χ1n) is 27.2. The Labute approximate surface area is 453 Å². The van der Waals surface area contributed by atoms with E-state index in [9.17, 15) is 0 Å². The molecule has 0 unspecified atom stereocenters. The number of aryl methyl sites for hydroxylation is 1. The smallest absolute Gasteiger partial charge is 0.252 e. The van der Waals surface area contributed by atoms with E-state index in [-0.39, 0.29) is 23.0 Å². The maximum atomic E-state index is 6.70. The Morgan fingerprint density at radius 1 is 0.421 bits per heavy atom. The highest BCUT2D eigenvalue weighted by Crippen LogP contribution is 2.51. The van der Waals surface area contributed by atoms with Gasteiger partial charge in [0, 0.05) is 55.0 Å². The van der Waals surface area contributed by atoms with E-state index in [4.69, 9.17) is 9.47 Å². The summed E-state index contributed by atoms with van der Waals surface area (Å²) >= 11 is 1.88. The largest absolute Gasteiger partial charge is 0.489 e. The second-order valence-electron chi connectivity index (χ2n) is 24.5. The molecule has 13 rings (SSSR count). The fourth-order valence-electron chi connectivity index (χ4n) is 12.0. The highest BCUT2D eigenvalue weighted by molar-refractivity contribution is 7.25. The third-order valence-corrected chi connectivity index (χ3v) is 17.3. The second kappa shape index (κ2) is 17.8. The van der Waals surface area contributed by atoms with Gasteiger partial charge >= 0.3 is 0 Å². The number of hydrogen-bond acceptors (Lipinski definition) is 5. The van der Waals surface area contributed by atoms with Gasteiger partial charge in [0.1, 0.15) is 0 Å². The zero-order valence-electron chi connectivity index (χ0n) is 45.6. The summed E-state index contributed by atoms with van der Waals surface area (Å²) in [5.41, 5.74) is 22.9. The molecule has 3 aliphatic heterocycles. The highest BCUT2D eigenvalue weighted by atomic mass is 32.1. The lowest BCUT2D eigenvalue weighted by Gasteiger charge is -2.45. The minimum absolute atomic E-state index is 0.0371. The lowest BCUT2D eigenvalue weighted by molar-refractivity contribution is 0.297. The number of thiophene rings is 1. The van der Waals surface area contributed by atoms with Crippen molar-refractivity contribution in [2.45, 2.75) is 91.9 Å². The highest BCUT2D eigenvalue weighted by Gasteiger charge is 2.45. The first-order valence-corrected chi connectivity index (χ1v) is 28.0. The minimum atomic E-state index is -0.0807. The Morgan fingerprint density at radius 3 is 1.70 bits per heavy atom. The lowest BCUT2D eigenvalue weighted by Crippen LogP contribution is -2.61. The molecule has 3 aliphatic rings. The number of anilines is 6. The summed E-state index contributed by atoms with van der Waals surface area (Å²) in [6, 6.07) is 67.4. The molecule has 0 radical (unpaired) electrons. The molecule has 0 fully saturated rings. The molecular weight excluding hydrogens is 944 g/mol. The molecule has 0 saturated heterocycles. The molecule has 1 aromatic heterocycles. The molecule has 0 atom stereocenters. The van der Waals surface area contributed by atoms with Crippen LogP contribution in [-0.4, -0.2) is 19.9 Å². The predicted molar refractivity (Wildman–Crippen MR) is 326 cm³/mol. The Kier molecular flexibility index (Phi) is 11.3. The predicted octanol–water partition coefficient (Wildman–Crippen LogP) is 17.5. The van der Waals surface area contributed by atoms with Gasteiger partial charge in [0.15, 0.2) is 11.5 Å². The fraction of sp³-hybridized carbons (Fsp3) is 0.229. The first-order chi connectivity index (χ1) is 36.5. The van der Waals surface area contributed by atoms with E-state index in [1.807, 2.05) is 11.3 Å². The van der Waals surface area contributed by atoms with Gasteiger partial charge in [0.2, 0.25) is 0 Å². The second-order valence-corrected chi connectivity index (χ2v) is 25.6. The van der Waals surface area contributed by atoms with Crippen molar-refractivity contribution in [1.29, 1.82) is 0 Å². The Hall–Kier alpha value is -7.54. The van der Waals surface area contributed by atoms with Crippen molar-refractivity contribution in [3.63, 3.8) is 0 Å². The number of nitrogens with zero attached hydrogens (tertiary/aromatic N) is 2. The summed E-state index contributed by atoms with van der Waals surface area (Å²) in [7, 11) is 0. The van der Waals surface area contributed by atoms with Crippen molar-refractivity contribution in [2.24, 2.45) is 0 Å². The summed E-state index contributed by atoms with van der Waals surface area (Å²) in [6.45, 7) is 24.1. The van der Waals surface area contributed by atoms with Crippen LogP contribution in [-0.2, 0) is 16.2 Å². The number of benzene rings is 9. The molecule has 0 amide bonds. The van der Waals surface area contributed by atoms with Crippen molar-refractivity contribution in [2.75, 3.05) is 23.0 Å². The van der Waals surface area contributed by atoms with Crippen molar-refractivity contribution >= 4 is 88.7 Å². The van der Waals surface area contributed by atoms with Crippen molar-refractivity contribution in [3.8, 4) is 44.9 Å². The van der Waals surface area contributed by atoms with E-state index < -0.39 is 0 Å². The van der Waals surface area contributed by atoms with Gasteiger partial charge in [-0.1, -0.05) is 172 Å². The van der Waals surface area contributed by atoms with Gasteiger partial charge in [-0.3, -0.25) is 0 Å². The number of ether oxygens (including phenoxy) is 2. The first kappa shape index (κ1) is 48.1. The average molecular weight is 1010 g/mol. The average Bonchev–Trinajstić information content (AvgIpc) is 3.66. The molecule has 0 aliphatic carbocycles. The van der Waals surface area contributed by atoms with E-state index in [2.05, 4.69) is 255 Å². The van der Waals surface area contributed by atoms with Gasteiger partial charge in [0.05, 0.1) is 18.9 Å². The van der Waals surface area contributed by atoms with Gasteiger partial charge in [-0.15, -0.1) is 11.3 Å². The maximum absolute atomic E-state index is 6.70. The third-order valence-electron chi connectivity index (χ3n) is 16.1. The van der Waals surface area contributed by atoms with Gasteiger partial charge in [0.25, 0.3) is 6.71 Å². The molecule has 4 nitrogen and oxygen atoms in total. The van der Waals surface area contributed by atoms with Crippen molar-refractivity contribution in [3.05, 3.63) is 198 Å². The van der Waals surface area contributed by atoms with Gasteiger partial charge in [-0.2, -0.15) is 0 Å². The van der Waals surface area contributed by atoms with Crippen molar-refractivity contribution < 1.29 is 9.47 Å². The molecule has 376 valence electrons. The van der Waals surface area contributed by atoms with Crippen LogP contribution in [0.4, 0.5) is 34.1 Å². The fourth-order valence-corrected chi connectivity index (χ4v) is 13.1. The van der Waals surface area contributed by atoms with Crippen LogP contribution in [0.25, 0.3) is 53.6 Å². The van der Waals surface area contributed by atoms with E-state index in [0.717, 1.165) is 40.7 Å². The quantitative estimate of drug-likeness (QED) is 0.160. The lowest BCUT2D eigenvalue weighted by atomic mass is 9.33. The molecule has 4 heterocycles. The normalized spacial score (nSPS) is 14.2. The summed E-state index contributed by atoms with van der Waals surface area (Å²) in [4.78, 5) is 5.08. The Morgan fingerprint density at radius 2 is 1.01 bits per heavy atom. The van der Waals surface area contributed by atoms with E-state index in [1.54, 1.807) is 0 Å². The van der Waals surface area contributed by atoms with E-state index in [0.29, 0.717) is 13.2 Å². The summed E-state index contributed by atoms with van der Waals surface area (Å²) < 4.78 is 15.7. The van der Waals surface area contributed by atoms with E-state index >= 15 is 0 Å². The van der Waals surface area contributed by atoms with Crippen molar-refractivity contribution in [1.82, 2.24) is 0 Å². The summed E-state index contributed by atoms with van der Waals surface area (Å²) in [5, 5.41) is 2.62. The summed E-state index contributed by atoms with van der Waals surface area (Å²) in [5.74, 6) is 1.58. The van der Waals surface area contributed by atoms with Gasteiger partial charge in [-0.25, -0.2) is 0 Å². The third kappa shape index (κ3) is 8.19. The molecule has 6 heteroatoms. The van der Waals surface area contributed by atoms with Crippen LogP contribution >= 0.6 is 11.3 Å². The maximum Gasteiger partial charge on any atom is 0.252 e. The van der Waals surface area contributed by atoms with Gasteiger partial charge in [-0.05, 0) is 162 Å². The molecular formula is C70H65BN2O2S. The molecule has 0 saturated carbocycles. The van der Waals surface area contributed by atoms with Crippen LogP contribution in [0.15, 0.2) is 176 Å². The van der Waals surface area contributed by atoms with Crippen LogP contribution < -0.4 is 35.7 Å². The Balaban J connectivity index is 1.10. The van der Waals surface area contributed by atoms with Gasteiger partial charge < -0.3 is 19.3 Å². The topological polar surface area (TPSA) is 24.9 Å². The molecule has 76 heavy (non-hydrogen) atoms. The standard InChI is InChI=1S/C70H65BN2O2S/c1-43-35-61-66-62(36-43)73(59-16-13-17-63-67(59)75-34-14-33-74-63)58-32-29-52(70(8,9)10)42-57(58)71(66)56-31-24-46(47-23-30-55-54-15-11-12-18-64(54)76-65(55)41-47)40-60(56)72(61)53-38-48(44-19-25-50(26-20-44)68(2,3)4)37-49(39-53)45-21-27-51(28-22-45)69(5,6)7/h11-13,15-32,35-42H,14,33-34H2,1-10H3. The summed E-state index contributed by atoms with van der Waals surface area (Å²) in [6.07, 6.45) is 0.829. The monoisotopic (exact) mass is 1010 g/mol. The number of rotatable bonds is 5. The van der Waals surface area contributed by atoms with Crippen LogP contribution in [0, 0.1) is 6.92 Å². The Bertz CT molecular complexity index is 3870. The van der Waals surface area contributed by atoms with Crippen LogP contribution in [0.1, 0.15) is 91.0 Å². The van der Waals surface area contributed by atoms with Crippen LogP contribution in [0.2, 0.25) is 0 Å². The molecule has 0 bridgehead atoms. The van der Waals surface area contributed by atoms with Crippen LogP contribution in [0.3, 0.4) is 0 Å². The molecule has 0 spiro atoms. The molecule has 9 aromatic carbocycles. The SMILES string of the molecule is Cc1cc2c3c(c1)N(c1cccc4c1OCCCO4)c1ccc(C(C)(C)C)cc1B3c1ccc(-c3ccc4c(c3)sc3ccccc34)cc1N2c1cc(-c2ccc(C(C)(C)C)cc2)cc(-c2ccc(C(C)(C)C)cc2)c1. The van der Waals surface area contributed by atoms with Crippen LogP contribution in [0.5, 0.6) is 11.5 Å². The zero-order valence-corrected chi connectivity index (χ0v) is 46.4. The number of para-hydroxylation sites is 1. The number of fused-ring (bicyclic) bond motifs is 8. The molecule has 10 aromatic rings.